The van der Waals surface area contributed by atoms with Crippen molar-refractivity contribution in [3.63, 3.8) is 0 Å². The number of carbonyl (C=O) groups excluding carboxylic acids is 1. The van der Waals surface area contributed by atoms with Gasteiger partial charge in [-0.25, -0.2) is 4.79 Å². The van der Waals surface area contributed by atoms with Gasteiger partial charge >= 0.3 is 11.7 Å². The summed E-state index contributed by atoms with van der Waals surface area (Å²) < 4.78 is 1.25. The van der Waals surface area contributed by atoms with Gasteiger partial charge in [-0.2, -0.15) is 5.10 Å². The molecular formula is C16H18N4O5. The molecule has 1 amide bonds. The lowest BCUT2D eigenvalue weighted by molar-refractivity contribution is -0.385. The van der Waals surface area contributed by atoms with E-state index in [4.69, 9.17) is 5.11 Å². The lowest BCUT2D eigenvalue weighted by atomic mass is 10.0. The van der Waals surface area contributed by atoms with Gasteiger partial charge in [-0.1, -0.05) is 12.1 Å². The zero-order valence-corrected chi connectivity index (χ0v) is 13.8. The monoisotopic (exact) mass is 346 g/mol. The number of hydrogen-bond donors (Lipinski definition) is 2. The van der Waals surface area contributed by atoms with Crippen LogP contribution in [-0.4, -0.2) is 38.2 Å². The molecule has 0 saturated carbocycles. The minimum Gasteiger partial charge on any atom is -0.478 e. The van der Waals surface area contributed by atoms with Gasteiger partial charge in [0.25, 0.3) is 0 Å². The summed E-state index contributed by atoms with van der Waals surface area (Å²) in [6.07, 6.45) is 2.84. The largest absolute Gasteiger partial charge is 0.478 e. The summed E-state index contributed by atoms with van der Waals surface area (Å²) >= 11 is 0. The lowest BCUT2D eigenvalue weighted by Crippen LogP contribution is -2.45. The van der Waals surface area contributed by atoms with Crippen LogP contribution in [0.4, 0.5) is 5.69 Å². The third kappa shape index (κ3) is 4.19. The van der Waals surface area contributed by atoms with Crippen molar-refractivity contribution in [2.45, 2.75) is 25.8 Å². The fourth-order valence-electron chi connectivity index (χ4n) is 2.17. The van der Waals surface area contributed by atoms with E-state index in [1.807, 2.05) is 0 Å². The second-order valence-electron chi connectivity index (χ2n) is 5.97. The molecule has 2 aromatic rings. The van der Waals surface area contributed by atoms with E-state index in [-0.39, 0.29) is 17.2 Å². The number of benzene rings is 1. The van der Waals surface area contributed by atoms with Crippen LogP contribution in [0.5, 0.6) is 0 Å². The van der Waals surface area contributed by atoms with Crippen LogP contribution in [0.2, 0.25) is 0 Å². The van der Waals surface area contributed by atoms with E-state index in [0.717, 1.165) is 11.8 Å². The first-order valence-corrected chi connectivity index (χ1v) is 7.52. The minimum atomic E-state index is -1.08. The van der Waals surface area contributed by atoms with Crippen molar-refractivity contribution in [3.05, 3.63) is 57.9 Å². The second kappa shape index (κ2) is 7.12. The Hall–Kier alpha value is -3.23. The van der Waals surface area contributed by atoms with Gasteiger partial charge in [0, 0.05) is 6.54 Å². The molecule has 0 radical (unpaired) electrons. The van der Waals surface area contributed by atoms with Crippen LogP contribution in [0.1, 0.15) is 29.8 Å². The normalized spacial score (nSPS) is 11.1. The van der Waals surface area contributed by atoms with Gasteiger partial charge in [0.1, 0.15) is 17.9 Å². The van der Waals surface area contributed by atoms with E-state index in [0.29, 0.717) is 13.0 Å². The number of aromatic nitrogens is 2. The van der Waals surface area contributed by atoms with Crippen LogP contribution in [0.3, 0.4) is 0 Å². The highest BCUT2D eigenvalue weighted by Crippen LogP contribution is 2.18. The fraction of sp³-hybridized carbons (Fsp3) is 0.312. The summed E-state index contributed by atoms with van der Waals surface area (Å²) in [5.74, 6) is -1.32. The molecule has 0 unspecified atom stereocenters. The molecular weight excluding hydrogens is 328 g/mol. The molecule has 0 fully saturated rings. The number of rotatable bonds is 7. The summed E-state index contributed by atoms with van der Waals surface area (Å²) in [7, 11) is 0. The Kier molecular flexibility index (Phi) is 5.16. The maximum Gasteiger partial charge on any atom is 0.335 e. The quantitative estimate of drug-likeness (QED) is 0.579. The Balaban J connectivity index is 1.94. The molecule has 2 rings (SSSR count). The van der Waals surface area contributed by atoms with E-state index in [1.165, 1.54) is 23.0 Å². The second-order valence-corrected chi connectivity index (χ2v) is 5.97. The van der Waals surface area contributed by atoms with Crippen molar-refractivity contribution in [2.75, 3.05) is 6.54 Å². The average Bonchev–Trinajstić information content (AvgIpc) is 3.06. The predicted molar refractivity (Wildman–Crippen MR) is 88.3 cm³/mol. The topological polar surface area (TPSA) is 127 Å². The molecule has 2 N–H and O–H groups in total. The first-order chi connectivity index (χ1) is 11.7. The Morgan fingerprint density at radius 3 is 2.48 bits per heavy atom. The molecule has 0 aliphatic carbocycles. The molecule has 0 saturated heterocycles. The molecule has 0 bridgehead atoms. The molecule has 0 aliphatic heterocycles. The number of aromatic carboxylic acids is 1. The van der Waals surface area contributed by atoms with Gasteiger partial charge in [0.05, 0.1) is 10.5 Å². The van der Waals surface area contributed by atoms with Crippen molar-refractivity contribution >= 4 is 17.6 Å². The summed E-state index contributed by atoms with van der Waals surface area (Å²) in [6.45, 7) is 3.57. The Morgan fingerprint density at radius 1 is 1.32 bits per heavy atom. The molecule has 9 nitrogen and oxygen atoms in total. The molecule has 1 aromatic heterocycles. The van der Waals surface area contributed by atoms with Gasteiger partial charge < -0.3 is 10.4 Å². The Labute approximate surface area is 143 Å². The molecule has 132 valence electrons. The summed E-state index contributed by atoms with van der Waals surface area (Å²) in [6, 6.07) is 6.40. The number of carboxylic acids is 1. The number of carbonyl (C=O) groups is 2. The minimum absolute atomic E-state index is 0.181. The SMILES string of the molecule is CC(C)(C(=O)NCCc1ccc(C(=O)O)cc1)n1cc([N+](=O)[O-])cn1. The van der Waals surface area contributed by atoms with E-state index >= 15 is 0 Å². The van der Waals surface area contributed by atoms with Crippen molar-refractivity contribution < 1.29 is 19.6 Å². The lowest BCUT2D eigenvalue weighted by Gasteiger charge is -2.23. The van der Waals surface area contributed by atoms with Crippen molar-refractivity contribution in [1.29, 1.82) is 0 Å². The molecule has 1 heterocycles. The first kappa shape index (κ1) is 18.1. The van der Waals surface area contributed by atoms with E-state index < -0.39 is 16.4 Å². The molecule has 9 heteroatoms. The number of amides is 1. The number of nitrogens with zero attached hydrogens (tertiary/aromatic N) is 3. The van der Waals surface area contributed by atoms with Gasteiger partial charge in [-0.15, -0.1) is 0 Å². The number of hydrogen-bond acceptors (Lipinski definition) is 5. The summed E-state index contributed by atoms with van der Waals surface area (Å²) in [5, 5.41) is 26.2. The maximum absolute atomic E-state index is 12.4. The highest BCUT2D eigenvalue weighted by molar-refractivity contribution is 5.87. The highest BCUT2D eigenvalue weighted by Gasteiger charge is 2.31. The zero-order valence-electron chi connectivity index (χ0n) is 13.8. The molecule has 0 atom stereocenters. The highest BCUT2D eigenvalue weighted by atomic mass is 16.6. The predicted octanol–water partition coefficient (Wildman–Crippen LogP) is 1.58. The Bertz CT molecular complexity index is 795. The molecule has 0 spiro atoms. The zero-order chi connectivity index (χ0) is 18.6. The van der Waals surface area contributed by atoms with Crippen LogP contribution in [-0.2, 0) is 16.8 Å². The van der Waals surface area contributed by atoms with Crippen molar-refractivity contribution in [2.24, 2.45) is 0 Å². The van der Waals surface area contributed by atoms with Crippen LogP contribution in [0.15, 0.2) is 36.7 Å². The van der Waals surface area contributed by atoms with Crippen LogP contribution in [0, 0.1) is 10.1 Å². The Morgan fingerprint density at radius 2 is 1.96 bits per heavy atom. The number of nitrogens with one attached hydrogen (secondary N) is 1. The van der Waals surface area contributed by atoms with E-state index in [1.54, 1.807) is 26.0 Å². The number of carboxylic acid groups (broad SMARTS) is 1. The molecule has 1 aromatic carbocycles. The molecule has 25 heavy (non-hydrogen) atoms. The smallest absolute Gasteiger partial charge is 0.335 e. The van der Waals surface area contributed by atoms with Crippen molar-refractivity contribution in [3.8, 4) is 0 Å². The van der Waals surface area contributed by atoms with Crippen LogP contribution >= 0.6 is 0 Å². The first-order valence-electron chi connectivity index (χ1n) is 7.52. The van der Waals surface area contributed by atoms with Crippen LogP contribution < -0.4 is 5.32 Å². The van der Waals surface area contributed by atoms with Gasteiger partial charge in [0.15, 0.2) is 0 Å². The van der Waals surface area contributed by atoms with E-state index in [9.17, 15) is 19.7 Å². The number of nitro groups is 1. The third-order valence-electron chi connectivity index (χ3n) is 3.81. The van der Waals surface area contributed by atoms with Gasteiger partial charge in [-0.3, -0.25) is 19.6 Å². The van der Waals surface area contributed by atoms with Crippen LogP contribution in [0.25, 0.3) is 0 Å². The van der Waals surface area contributed by atoms with Crippen molar-refractivity contribution in [1.82, 2.24) is 15.1 Å². The van der Waals surface area contributed by atoms with Gasteiger partial charge in [-0.05, 0) is 38.0 Å². The third-order valence-corrected chi connectivity index (χ3v) is 3.81. The fourth-order valence-corrected chi connectivity index (χ4v) is 2.17. The summed E-state index contributed by atoms with van der Waals surface area (Å²) in [4.78, 5) is 33.3. The van der Waals surface area contributed by atoms with E-state index in [2.05, 4.69) is 10.4 Å². The summed E-state index contributed by atoms with van der Waals surface area (Å²) in [5.41, 5.74) is -0.173. The molecule has 0 aliphatic rings. The average molecular weight is 346 g/mol. The maximum atomic E-state index is 12.4. The standard InChI is InChI=1S/C16H18N4O5/c1-16(2,19-10-13(9-18-19)20(24)25)15(23)17-8-7-11-3-5-12(6-4-11)14(21)22/h3-6,9-10H,7-8H2,1-2H3,(H,17,23)(H,21,22). The van der Waals surface area contributed by atoms with Gasteiger partial charge in [0.2, 0.25) is 5.91 Å².